The molecule has 0 aliphatic carbocycles. The van der Waals surface area contributed by atoms with Gasteiger partial charge in [-0.15, -0.1) is 16.4 Å². The molecule has 6 nitrogen and oxygen atoms in total. The van der Waals surface area contributed by atoms with Crippen molar-refractivity contribution in [2.45, 2.75) is 38.5 Å². The third-order valence-corrected chi connectivity index (χ3v) is 5.03. The first-order valence-corrected chi connectivity index (χ1v) is 8.50. The highest BCUT2D eigenvalue weighted by molar-refractivity contribution is 7.09. The van der Waals surface area contributed by atoms with Crippen molar-refractivity contribution in [1.82, 2.24) is 24.2 Å². The van der Waals surface area contributed by atoms with E-state index in [1.807, 2.05) is 12.3 Å². The van der Waals surface area contributed by atoms with E-state index in [2.05, 4.69) is 15.0 Å². The Balaban J connectivity index is 1.68. The molecule has 24 heavy (non-hydrogen) atoms. The number of hydrogen-bond donors (Lipinski definition) is 0. The summed E-state index contributed by atoms with van der Waals surface area (Å²) < 4.78 is 40.2. The summed E-state index contributed by atoms with van der Waals surface area (Å²) in [6, 6.07) is -0.298. The Morgan fingerprint density at radius 2 is 2.00 bits per heavy atom. The quantitative estimate of drug-likeness (QED) is 0.841. The number of piperidine rings is 1. The molecule has 0 N–H and O–H groups in total. The predicted molar refractivity (Wildman–Crippen MR) is 82.9 cm³/mol. The first kappa shape index (κ1) is 17.2. The Hall–Kier alpha value is -1.68. The lowest BCUT2D eigenvalue weighted by Crippen LogP contribution is -2.37. The van der Waals surface area contributed by atoms with Gasteiger partial charge in [0.25, 0.3) is 0 Å². The molecule has 2 aromatic rings. The Morgan fingerprint density at radius 3 is 2.50 bits per heavy atom. The van der Waals surface area contributed by atoms with Crippen LogP contribution >= 0.6 is 11.3 Å². The topological polar surface area (TPSA) is 56.0 Å². The Bertz CT molecular complexity index is 770. The molecule has 0 atom stereocenters. The molecule has 0 amide bonds. The first-order chi connectivity index (χ1) is 11.3. The van der Waals surface area contributed by atoms with Crippen LogP contribution in [-0.2, 0) is 19.8 Å². The summed E-state index contributed by atoms with van der Waals surface area (Å²) in [5, 5.41) is 6.56. The van der Waals surface area contributed by atoms with Crippen LogP contribution in [0.25, 0.3) is 0 Å². The lowest BCUT2D eigenvalue weighted by Gasteiger charge is -2.30. The van der Waals surface area contributed by atoms with Crippen LogP contribution < -0.4 is 5.69 Å². The Kier molecular flexibility index (Phi) is 4.52. The van der Waals surface area contributed by atoms with Crippen LogP contribution in [0.4, 0.5) is 13.2 Å². The van der Waals surface area contributed by atoms with Gasteiger partial charge in [-0.2, -0.15) is 13.2 Å². The lowest BCUT2D eigenvalue weighted by molar-refractivity contribution is -0.147. The number of likely N-dealkylation sites (tertiary alicyclic amines) is 1. The van der Waals surface area contributed by atoms with Crippen LogP contribution in [0, 0.1) is 6.92 Å². The smallest absolute Gasteiger partial charge is 0.297 e. The largest absolute Gasteiger partial charge is 0.451 e. The van der Waals surface area contributed by atoms with E-state index in [1.54, 1.807) is 11.3 Å². The molecule has 2 aromatic heterocycles. The summed E-state index contributed by atoms with van der Waals surface area (Å²) in [5.74, 6) is -1.15. The second-order valence-electron chi connectivity index (χ2n) is 5.97. The van der Waals surface area contributed by atoms with E-state index in [1.165, 1.54) is 0 Å². The SMILES string of the molecule is Cc1nc(CN2CCC(n3nc(C(F)(F)F)n(C)c3=O)CC2)cs1. The molecule has 0 unspecified atom stereocenters. The van der Waals surface area contributed by atoms with Crippen LogP contribution in [0.1, 0.15) is 35.4 Å². The number of hydrogen-bond acceptors (Lipinski definition) is 5. The van der Waals surface area contributed by atoms with Crippen molar-refractivity contribution in [3.05, 3.63) is 32.4 Å². The van der Waals surface area contributed by atoms with Crippen molar-refractivity contribution >= 4 is 11.3 Å². The van der Waals surface area contributed by atoms with E-state index in [-0.39, 0.29) is 6.04 Å². The van der Waals surface area contributed by atoms with Crippen molar-refractivity contribution < 1.29 is 13.2 Å². The molecule has 0 saturated carbocycles. The van der Waals surface area contributed by atoms with E-state index in [0.29, 0.717) is 30.5 Å². The second-order valence-corrected chi connectivity index (χ2v) is 7.03. The van der Waals surface area contributed by atoms with Gasteiger partial charge >= 0.3 is 11.9 Å². The normalized spacial score (nSPS) is 17.5. The van der Waals surface area contributed by atoms with Crippen LogP contribution in [0.15, 0.2) is 10.2 Å². The highest BCUT2D eigenvalue weighted by Gasteiger charge is 2.39. The minimum absolute atomic E-state index is 0.298. The third-order valence-electron chi connectivity index (χ3n) is 4.21. The summed E-state index contributed by atoms with van der Waals surface area (Å²) in [4.78, 5) is 18.7. The average molecular weight is 361 g/mol. The zero-order valence-corrected chi connectivity index (χ0v) is 14.2. The van der Waals surface area contributed by atoms with Crippen LogP contribution in [0.2, 0.25) is 0 Å². The van der Waals surface area contributed by atoms with Crippen LogP contribution in [0.3, 0.4) is 0 Å². The molecule has 1 saturated heterocycles. The van der Waals surface area contributed by atoms with Crippen molar-refractivity contribution in [3.63, 3.8) is 0 Å². The van der Waals surface area contributed by atoms with Gasteiger partial charge in [-0.1, -0.05) is 0 Å². The minimum Gasteiger partial charge on any atom is -0.297 e. The van der Waals surface area contributed by atoms with Crippen LogP contribution in [-0.4, -0.2) is 37.3 Å². The summed E-state index contributed by atoms with van der Waals surface area (Å²) in [6.45, 7) is 4.07. The molecule has 0 bridgehead atoms. The van der Waals surface area contributed by atoms with Crippen molar-refractivity contribution in [3.8, 4) is 0 Å². The average Bonchev–Trinajstić information content (AvgIpc) is 3.04. The number of aromatic nitrogens is 4. The maximum atomic E-state index is 12.9. The summed E-state index contributed by atoms with van der Waals surface area (Å²) in [7, 11) is 1.11. The molecule has 3 heterocycles. The van der Waals surface area contributed by atoms with Gasteiger partial charge in [0.1, 0.15) is 0 Å². The lowest BCUT2D eigenvalue weighted by atomic mass is 10.1. The fraction of sp³-hybridized carbons (Fsp3) is 0.643. The summed E-state index contributed by atoms with van der Waals surface area (Å²) in [6.07, 6.45) is -3.43. The van der Waals surface area contributed by atoms with E-state index in [9.17, 15) is 18.0 Å². The van der Waals surface area contributed by atoms with Gasteiger partial charge in [0, 0.05) is 32.1 Å². The van der Waals surface area contributed by atoms with E-state index < -0.39 is 17.7 Å². The number of rotatable bonds is 3. The summed E-state index contributed by atoms with van der Waals surface area (Å²) >= 11 is 1.60. The molecule has 132 valence electrons. The number of alkyl halides is 3. The number of nitrogens with zero attached hydrogens (tertiary/aromatic N) is 5. The van der Waals surface area contributed by atoms with Crippen molar-refractivity contribution in [2.24, 2.45) is 7.05 Å². The summed E-state index contributed by atoms with van der Waals surface area (Å²) in [5.41, 5.74) is 0.293. The van der Waals surface area contributed by atoms with Crippen LogP contribution in [0.5, 0.6) is 0 Å². The van der Waals surface area contributed by atoms with Gasteiger partial charge in [-0.3, -0.25) is 9.47 Å². The van der Waals surface area contributed by atoms with Gasteiger partial charge in [-0.05, 0) is 19.8 Å². The highest BCUT2D eigenvalue weighted by Crippen LogP contribution is 2.28. The Labute approximate surface area is 140 Å². The van der Waals surface area contributed by atoms with Gasteiger partial charge in [-0.25, -0.2) is 14.5 Å². The van der Waals surface area contributed by atoms with Gasteiger partial charge in [0.2, 0.25) is 5.82 Å². The predicted octanol–water partition coefficient (Wildman–Crippen LogP) is 2.20. The minimum atomic E-state index is -4.62. The molecule has 1 aliphatic rings. The maximum Gasteiger partial charge on any atom is 0.451 e. The standard InChI is InChI=1S/C14H18F3N5OS/c1-9-18-10(8-24-9)7-21-5-3-11(4-6-21)22-13(23)20(2)12(19-22)14(15,16)17/h8,11H,3-7H2,1-2H3. The number of thiazole rings is 1. The molecule has 1 aliphatic heterocycles. The van der Waals surface area contributed by atoms with E-state index in [0.717, 1.165) is 29.0 Å². The molecule has 0 radical (unpaired) electrons. The van der Waals surface area contributed by atoms with Crippen molar-refractivity contribution in [2.75, 3.05) is 13.1 Å². The van der Waals surface area contributed by atoms with Gasteiger partial charge < -0.3 is 0 Å². The molecular weight excluding hydrogens is 343 g/mol. The zero-order chi connectivity index (χ0) is 17.5. The molecule has 0 aromatic carbocycles. The Morgan fingerprint density at radius 1 is 1.33 bits per heavy atom. The number of halogens is 3. The fourth-order valence-corrected chi connectivity index (χ4v) is 3.58. The monoisotopic (exact) mass is 361 g/mol. The highest BCUT2D eigenvalue weighted by atomic mass is 32.1. The molecule has 3 rings (SSSR count). The van der Waals surface area contributed by atoms with E-state index >= 15 is 0 Å². The van der Waals surface area contributed by atoms with E-state index in [4.69, 9.17) is 0 Å². The molecule has 1 fully saturated rings. The first-order valence-electron chi connectivity index (χ1n) is 7.62. The number of aryl methyl sites for hydroxylation is 1. The maximum absolute atomic E-state index is 12.9. The molecular formula is C14H18F3N5OS. The van der Waals surface area contributed by atoms with Gasteiger partial charge in [0.15, 0.2) is 0 Å². The molecule has 0 spiro atoms. The third kappa shape index (κ3) is 3.39. The zero-order valence-electron chi connectivity index (χ0n) is 13.4. The molecule has 10 heteroatoms. The van der Waals surface area contributed by atoms with Crippen molar-refractivity contribution in [1.29, 1.82) is 0 Å². The van der Waals surface area contributed by atoms with Gasteiger partial charge in [0.05, 0.1) is 16.7 Å². The fourth-order valence-electron chi connectivity index (χ4n) is 2.97. The second kappa shape index (κ2) is 6.32.